The van der Waals surface area contributed by atoms with E-state index in [1.807, 2.05) is 0 Å². The van der Waals surface area contributed by atoms with Crippen LogP contribution in [-0.4, -0.2) is 51.7 Å². The van der Waals surface area contributed by atoms with Crippen molar-refractivity contribution in [1.29, 1.82) is 0 Å². The first-order valence-corrected chi connectivity index (χ1v) is 8.87. The zero-order chi connectivity index (χ0) is 22.1. The molecule has 3 rings (SSSR count). The number of carbonyl (C=O) groups excluding carboxylic acids is 1. The van der Waals surface area contributed by atoms with Crippen LogP contribution in [0.1, 0.15) is 21.6 Å². The summed E-state index contributed by atoms with van der Waals surface area (Å²) >= 11 is 0. The lowest BCUT2D eigenvalue weighted by Crippen LogP contribution is -2.21. The lowest BCUT2D eigenvalue weighted by molar-refractivity contribution is -0.137. The number of hydrogen-bond donors (Lipinski definition) is 2. The van der Waals surface area contributed by atoms with Gasteiger partial charge in [-0.25, -0.2) is 9.67 Å². The van der Waals surface area contributed by atoms with Gasteiger partial charge in [0.15, 0.2) is 0 Å². The van der Waals surface area contributed by atoms with Gasteiger partial charge in [0, 0.05) is 32.9 Å². The van der Waals surface area contributed by atoms with Crippen LogP contribution in [-0.2, 0) is 6.18 Å². The van der Waals surface area contributed by atoms with Gasteiger partial charge in [0.05, 0.1) is 23.3 Å². The van der Waals surface area contributed by atoms with E-state index in [9.17, 15) is 18.0 Å². The first-order valence-electron chi connectivity index (χ1n) is 8.87. The Kier molecular flexibility index (Phi) is 5.63. The molecule has 158 valence electrons. The summed E-state index contributed by atoms with van der Waals surface area (Å²) in [5.74, 6) is -0.437. The number of amides is 1. The summed E-state index contributed by atoms with van der Waals surface area (Å²) in [5.41, 5.74) is 1.44. The van der Waals surface area contributed by atoms with Crippen molar-refractivity contribution in [2.24, 2.45) is 0 Å². The highest BCUT2D eigenvalue weighted by Gasteiger charge is 2.35. The van der Waals surface area contributed by atoms with E-state index >= 15 is 0 Å². The van der Waals surface area contributed by atoms with Crippen LogP contribution in [0, 0.1) is 6.92 Å². The fourth-order valence-corrected chi connectivity index (χ4v) is 2.69. The first kappa shape index (κ1) is 21.1. The second-order valence-corrected chi connectivity index (χ2v) is 6.65. The number of nitrogens with one attached hydrogen (secondary N) is 2. The Labute approximate surface area is 170 Å². The number of carbonyl (C=O) groups is 1. The van der Waals surface area contributed by atoms with E-state index in [4.69, 9.17) is 0 Å². The zero-order valence-corrected chi connectivity index (χ0v) is 16.7. The van der Waals surface area contributed by atoms with Crippen molar-refractivity contribution in [2.45, 2.75) is 13.1 Å². The molecular weight excluding hydrogens is 399 g/mol. The summed E-state index contributed by atoms with van der Waals surface area (Å²) < 4.78 is 40.6. The van der Waals surface area contributed by atoms with Crippen molar-refractivity contribution in [1.82, 2.24) is 24.6 Å². The van der Waals surface area contributed by atoms with Crippen molar-refractivity contribution >= 4 is 23.4 Å². The van der Waals surface area contributed by atoms with Gasteiger partial charge < -0.3 is 15.5 Å². The molecule has 0 aliphatic rings. The minimum atomic E-state index is -4.56. The molecule has 3 aromatic rings. The molecule has 0 aliphatic carbocycles. The molecule has 0 unspecified atom stereocenters. The molecule has 0 radical (unpaired) electrons. The van der Waals surface area contributed by atoms with Crippen LogP contribution in [0.25, 0.3) is 5.69 Å². The second kappa shape index (κ2) is 8.01. The average molecular weight is 419 g/mol. The summed E-state index contributed by atoms with van der Waals surface area (Å²) in [4.78, 5) is 21.1. The predicted octanol–water partition coefficient (Wildman–Crippen LogP) is 3.48. The maximum Gasteiger partial charge on any atom is 0.421 e. The quantitative estimate of drug-likeness (QED) is 0.659. The fourth-order valence-electron chi connectivity index (χ4n) is 2.69. The third-order valence-electron chi connectivity index (χ3n) is 4.26. The summed E-state index contributed by atoms with van der Waals surface area (Å²) in [6, 6.07) is 6.89. The van der Waals surface area contributed by atoms with Gasteiger partial charge in [0.25, 0.3) is 5.91 Å². The minimum Gasteiger partial charge on any atom is -0.372 e. The number of aromatic nitrogens is 4. The van der Waals surface area contributed by atoms with Crippen LogP contribution in [0.15, 0.2) is 36.7 Å². The van der Waals surface area contributed by atoms with Gasteiger partial charge in [-0.15, -0.1) is 0 Å². The van der Waals surface area contributed by atoms with E-state index in [2.05, 4.69) is 25.7 Å². The van der Waals surface area contributed by atoms with Crippen molar-refractivity contribution in [3.05, 3.63) is 53.5 Å². The molecule has 0 spiro atoms. The molecule has 11 heteroatoms. The standard InChI is InChI=1S/C19H20F3N7O/c1-11-15(25-18-24-9-14(19(20,21)22)16(23-2)26-18)10-29(27-11)13-7-5-12(6-8-13)17(30)28(3)4/h5-10H,1-4H3,(H2,23,24,25,26). The van der Waals surface area contributed by atoms with Crippen molar-refractivity contribution in [3.63, 3.8) is 0 Å². The van der Waals surface area contributed by atoms with Crippen molar-refractivity contribution < 1.29 is 18.0 Å². The van der Waals surface area contributed by atoms with Crippen LogP contribution >= 0.6 is 0 Å². The van der Waals surface area contributed by atoms with E-state index in [1.165, 1.54) is 11.9 Å². The first-order chi connectivity index (χ1) is 14.1. The molecule has 1 amide bonds. The van der Waals surface area contributed by atoms with E-state index in [0.29, 0.717) is 22.6 Å². The Bertz CT molecular complexity index is 1060. The number of nitrogens with zero attached hydrogens (tertiary/aromatic N) is 5. The predicted molar refractivity (Wildman–Crippen MR) is 106 cm³/mol. The molecule has 0 saturated heterocycles. The largest absolute Gasteiger partial charge is 0.421 e. The second-order valence-electron chi connectivity index (χ2n) is 6.65. The number of halogens is 3. The summed E-state index contributed by atoms with van der Waals surface area (Å²) in [6.07, 6.45) is -2.17. The Hall–Kier alpha value is -3.63. The Balaban J connectivity index is 1.84. The maximum atomic E-state index is 13.0. The third-order valence-corrected chi connectivity index (χ3v) is 4.26. The van der Waals surface area contributed by atoms with Crippen LogP contribution in [0.3, 0.4) is 0 Å². The average Bonchev–Trinajstić information content (AvgIpc) is 3.06. The molecule has 0 aliphatic heterocycles. The van der Waals surface area contributed by atoms with Gasteiger partial charge in [-0.3, -0.25) is 4.79 Å². The number of hydrogen-bond acceptors (Lipinski definition) is 6. The normalized spacial score (nSPS) is 11.3. The van der Waals surface area contributed by atoms with Crippen molar-refractivity contribution in [3.8, 4) is 5.69 Å². The topological polar surface area (TPSA) is 88.0 Å². The Morgan fingerprint density at radius 3 is 2.40 bits per heavy atom. The van der Waals surface area contributed by atoms with Gasteiger partial charge in [0.1, 0.15) is 11.4 Å². The monoisotopic (exact) mass is 419 g/mol. The third kappa shape index (κ3) is 4.34. The minimum absolute atomic E-state index is 0.00178. The molecule has 0 saturated carbocycles. The van der Waals surface area contributed by atoms with Crippen LogP contribution in [0.5, 0.6) is 0 Å². The molecule has 30 heavy (non-hydrogen) atoms. The van der Waals surface area contributed by atoms with Gasteiger partial charge in [-0.1, -0.05) is 0 Å². The SMILES string of the molecule is CNc1nc(Nc2cn(-c3ccc(C(=O)N(C)C)cc3)nc2C)ncc1C(F)(F)F. The Morgan fingerprint density at radius 1 is 1.17 bits per heavy atom. The number of benzene rings is 1. The zero-order valence-electron chi connectivity index (χ0n) is 16.7. The number of rotatable bonds is 5. The highest BCUT2D eigenvalue weighted by Crippen LogP contribution is 2.34. The molecule has 0 atom stereocenters. The van der Waals surface area contributed by atoms with E-state index < -0.39 is 11.7 Å². The van der Waals surface area contributed by atoms with E-state index in [0.717, 1.165) is 6.20 Å². The molecule has 2 N–H and O–H groups in total. The molecule has 2 heterocycles. The molecule has 8 nitrogen and oxygen atoms in total. The maximum absolute atomic E-state index is 13.0. The van der Waals surface area contributed by atoms with Crippen LogP contribution in [0.2, 0.25) is 0 Å². The summed E-state index contributed by atoms with van der Waals surface area (Å²) in [6.45, 7) is 1.74. The lowest BCUT2D eigenvalue weighted by atomic mass is 10.2. The molecule has 1 aromatic carbocycles. The summed E-state index contributed by atoms with van der Waals surface area (Å²) in [7, 11) is 4.71. The Morgan fingerprint density at radius 2 is 1.83 bits per heavy atom. The fraction of sp³-hybridized carbons (Fsp3) is 0.263. The highest BCUT2D eigenvalue weighted by atomic mass is 19.4. The van der Waals surface area contributed by atoms with Crippen LogP contribution in [0.4, 0.5) is 30.6 Å². The van der Waals surface area contributed by atoms with Crippen molar-refractivity contribution in [2.75, 3.05) is 31.8 Å². The smallest absolute Gasteiger partial charge is 0.372 e. The molecule has 0 bridgehead atoms. The van der Waals surface area contributed by atoms with Gasteiger partial charge in [-0.2, -0.15) is 23.3 Å². The molecule has 0 fully saturated rings. The number of anilines is 3. The van der Waals surface area contributed by atoms with Gasteiger partial charge in [0.2, 0.25) is 5.95 Å². The number of aryl methyl sites for hydroxylation is 1. The summed E-state index contributed by atoms with van der Waals surface area (Å²) in [5, 5.41) is 9.71. The van der Waals surface area contributed by atoms with E-state index in [1.54, 1.807) is 56.2 Å². The highest BCUT2D eigenvalue weighted by molar-refractivity contribution is 5.94. The molecular formula is C19H20F3N7O. The van der Waals surface area contributed by atoms with Gasteiger partial charge >= 0.3 is 6.18 Å². The molecule has 2 aromatic heterocycles. The van der Waals surface area contributed by atoms with Crippen LogP contribution < -0.4 is 10.6 Å². The van der Waals surface area contributed by atoms with Gasteiger partial charge in [-0.05, 0) is 31.2 Å². The lowest BCUT2D eigenvalue weighted by Gasteiger charge is -2.12. The number of alkyl halides is 3. The van der Waals surface area contributed by atoms with E-state index in [-0.39, 0.29) is 17.7 Å².